The minimum Gasteiger partial charge on any atom is -0.497 e. The van der Waals surface area contributed by atoms with Crippen LogP contribution in [-0.2, 0) is 22.7 Å². The zero-order valence-electron chi connectivity index (χ0n) is 17.6. The lowest BCUT2D eigenvalue weighted by atomic mass is 10.1. The van der Waals surface area contributed by atoms with Crippen LogP contribution in [0.25, 0.3) is 0 Å². The Bertz CT molecular complexity index is 960. The van der Waals surface area contributed by atoms with Crippen LogP contribution in [0.15, 0.2) is 42.5 Å². The molecular weight excluding hydrogens is 402 g/mol. The third-order valence-corrected chi connectivity index (χ3v) is 4.93. The average molecular weight is 427 g/mol. The van der Waals surface area contributed by atoms with Crippen LogP contribution in [0.2, 0.25) is 0 Å². The Morgan fingerprint density at radius 2 is 1.65 bits per heavy atom. The molecule has 0 aromatic heterocycles. The highest BCUT2D eigenvalue weighted by atomic mass is 16.5. The van der Waals surface area contributed by atoms with Gasteiger partial charge in [0.25, 0.3) is 5.91 Å². The standard InChI is InChI=1S/C22H25N3O6/c1-29-16-7-4-14(5-8-16)13-25-21(27)17(24-22(25)28)11-20(26)23-12-15-6-9-18(30-2)19(10-15)31-3/h4-10,17H,11-13H2,1-3H3,(H,23,26)(H,24,28)/t17-/m0/s1. The highest BCUT2D eigenvalue weighted by molar-refractivity contribution is 6.05. The monoisotopic (exact) mass is 427 g/mol. The second kappa shape index (κ2) is 9.84. The predicted octanol–water partition coefficient (Wildman–Crippen LogP) is 1.84. The fourth-order valence-corrected chi connectivity index (χ4v) is 3.23. The molecule has 0 radical (unpaired) electrons. The van der Waals surface area contributed by atoms with E-state index in [1.165, 1.54) is 7.11 Å². The topological polar surface area (TPSA) is 106 Å². The number of carbonyl (C=O) groups is 3. The number of imide groups is 1. The Morgan fingerprint density at radius 1 is 0.968 bits per heavy atom. The molecule has 3 rings (SSSR count). The average Bonchev–Trinajstić information content (AvgIpc) is 3.05. The summed E-state index contributed by atoms with van der Waals surface area (Å²) in [5.41, 5.74) is 1.59. The molecule has 1 aliphatic rings. The van der Waals surface area contributed by atoms with Crippen LogP contribution < -0.4 is 24.8 Å². The number of hydrogen-bond donors (Lipinski definition) is 2. The van der Waals surface area contributed by atoms with E-state index in [4.69, 9.17) is 14.2 Å². The SMILES string of the molecule is COc1ccc(CN2C(=O)N[C@@H](CC(=O)NCc3ccc(OC)c(OC)c3)C2=O)cc1. The maximum Gasteiger partial charge on any atom is 0.325 e. The molecule has 0 bridgehead atoms. The lowest BCUT2D eigenvalue weighted by molar-refractivity contribution is -0.131. The first-order valence-electron chi connectivity index (χ1n) is 9.67. The first kappa shape index (κ1) is 21.9. The molecule has 9 nitrogen and oxygen atoms in total. The quantitative estimate of drug-likeness (QED) is 0.592. The lowest BCUT2D eigenvalue weighted by Crippen LogP contribution is -2.36. The highest BCUT2D eigenvalue weighted by Crippen LogP contribution is 2.27. The number of urea groups is 1. The fraction of sp³-hybridized carbons (Fsp3) is 0.318. The first-order chi connectivity index (χ1) is 14.9. The van der Waals surface area contributed by atoms with E-state index in [-0.39, 0.29) is 25.4 Å². The van der Waals surface area contributed by atoms with Gasteiger partial charge in [0.1, 0.15) is 11.8 Å². The molecule has 1 aliphatic heterocycles. The molecule has 1 saturated heterocycles. The van der Waals surface area contributed by atoms with Crippen LogP contribution in [-0.4, -0.2) is 50.1 Å². The van der Waals surface area contributed by atoms with Crippen molar-refractivity contribution in [3.05, 3.63) is 53.6 Å². The lowest BCUT2D eigenvalue weighted by Gasteiger charge is -2.14. The van der Waals surface area contributed by atoms with Gasteiger partial charge in [0, 0.05) is 6.54 Å². The molecular formula is C22H25N3O6. The van der Waals surface area contributed by atoms with Crippen molar-refractivity contribution in [2.75, 3.05) is 21.3 Å². The van der Waals surface area contributed by atoms with Crippen LogP contribution in [0, 0.1) is 0 Å². The molecule has 2 aromatic carbocycles. The van der Waals surface area contributed by atoms with Gasteiger partial charge in [0.2, 0.25) is 5.91 Å². The van der Waals surface area contributed by atoms with Gasteiger partial charge in [-0.05, 0) is 35.4 Å². The Labute approximate surface area is 180 Å². The number of ether oxygens (including phenoxy) is 3. The van der Waals surface area contributed by atoms with Crippen molar-refractivity contribution in [3.8, 4) is 17.2 Å². The molecule has 31 heavy (non-hydrogen) atoms. The Kier molecular flexibility index (Phi) is 6.96. The molecule has 164 valence electrons. The van der Waals surface area contributed by atoms with Crippen molar-refractivity contribution >= 4 is 17.8 Å². The van der Waals surface area contributed by atoms with E-state index < -0.39 is 18.0 Å². The smallest absolute Gasteiger partial charge is 0.325 e. The summed E-state index contributed by atoms with van der Waals surface area (Å²) in [5, 5.41) is 5.33. The molecule has 1 atom stereocenters. The van der Waals surface area contributed by atoms with E-state index in [2.05, 4.69) is 10.6 Å². The van der Waals surface area contributed by atoms with Crippen molar-refractivity contribution in [3.63, 3.8) is 0 Å². The molecule has 0 saturated carbocycles. The van der Waals surface area contributed by atoms with Gasteiger partial charge in [-0.2, -0.15) is 0 Å². The highest BCUT2D eigenvalue weighted by Gasteiger charge is 2.38. The maximum absolute atomic E-state index is 12.6. The van der Waals surface area contributed by atoms with Crippen LogP contribution >= 0.6 is 0 Å². The second-order valence-electron chi connectivity index (χ2n) is 6.94. The normalized spacial score (nSPS) is 15.5. The van der Waals surface area contributed by atoms with E-state index in [9.17, 15) is 14.4 Å². The number of nitrogens with one attached hydrogen (secondary N) is 2. The van der Waals surface area contributed by atoms with Gasteiger partial charge in [0.05, 0.1) is 34.3 Å². The van der Waals surface area contributed by atoms with Gasteiger partial charge in [-0.25, -0.2) is 4.79 Å². The number of hydrogen-bond acceptors (Lipinski definition) is 6. The number of methoxy groups -OCH3 is 3. The summed E-state index contributed by atoms with van der Waals surface area (Å²) in [4.78, 5) is 38.3. The summed E-state index contributed by atoms with van der Waals surface area (Å²) in [6.45, 7) is 0.377. The van der Waals surface area contributed by atoms with E-state index in [0.29, 0.717) is 17.2 Å². The molecule has 0 unspecified atom stereocenters. The number of carbonyl (C=O) groups excluding carboxylic acids is 3. The van der Waals surface area contributed by atoms with E-state index in [1.54, 1.807) is 56.7 Å². The second-order valence-corrected chi connectivity index (χ2v) is 6.94. The van der Waals surface area contributed by atoms with Gasteiger partial charge < -0.3 is 24.8 Å². The predicted molar refractivity (Wildman–Crippen MR) is 112 cm³/mol. The molecule has 4 amide bonds. The summed E-state index contributed by atoms with van der Waals surface area (Å²) >= 11 is 0. The molecule has 1 fully saturated rings. The number of benzene rings is 2. The number of rotatable bonds is 9. The van der Waals surface area contributed by atoms with Crippen LogP contribution in [0.5, 0.6) is 17.2 Å². The Morgan fingerprint density at radius 3 is 2.29 bits per heavy atom. The number of nitrogens with zero attached hydrogens (tertiary/aromatic N) is 1. The van der Waals surface area contributed by atoms with Gasteiger partial charge in [-0.3, -0.25) is 14.5 Å². The van der Waals surface area contributed by atoms with E-state index >= 15 is 0 Å². The molecule has 1 heterocycles. The zero-order chi connectivity index (χ0) is 22.4. The van der Waals surface area contributed by atoms with Crippen molar-refractivity contribution < 1.29 is 28.6 Å². The third kappa shape index (κ3) is 5.25. The van der Waals surface area contributed by atoms with Gasteiger partial charge in [0.15, 0.2) is 11.5 Å². The largest absolute Gasteiger partial charge is 0.497 e. The fourth-order valence-electron chi connectivity index (χ4n) is 3.23. The van der Waals surface area contributed by atoms with Crippen LogP contribution in [0.1, 0.15) is 17.5 Å². The van der Waals surface area contributed by atoms with E-state index in [1.807, 2.05) is 0 Å². The Balaban J connectivity index is 1.54. The number of amides is 4. The maximum atomic E-state index is 12.6. The van der Waals surface area contributed by atoms with Crippen LogP contribution in [0.4, 0.5) is 4.79 Å². The molecule has 0 spiro atoms. The van der Waals surface area contributed by atoms with Crippen molar-refractivity contribution in [2.24, 2.45) is 0 Å². The first-order valence-corrected chi connectivity index (χ1v) is 9.67. The third-order valence-electron chi connectivity index (χ3n) is 4.93. The summed E-state index contributed by atoms with van der Waals surface area (Å²) in [6, 6.07) is 11.0. The summed E-state index contributed by atoms with van der Waals surface area (Å²) in [5.74, 6) is 1.06. The molecule has 9 heteroatoms. The molecule has 2 N–H and O–H groups in total. The summed E-state index contributed by atoms with van der Waals surface area (Å²) < 4.78 is 15.5. The minimum atomic E-state index is -0.892. The van der Waals surface area contributed by atoms with Gasteiger partial charge in [-0.15, -0.1) is 0 Å². The molecule has 2 aromatic rings. The Hall–Kier alpha value is -3.75. The van der Waals surface area contributed by atoms with Gasteiger partial charge >= 0.3 is 6.03 Å². The minimum absolute atomic E-state index is 0.123. The zero-order valence-corrected chi connectivity index (χ0v) is 17.6. The summed E-state index contributed by atoms with van der Waals surface area (Å²) in [6.07, 6.45) is -0.142. The van der Waals surface area contributed by atoms with Gasteiger partial charge in [-0.1, -0.05) is 18.2 Å². The summed E-state index contributed by atoms with van der Waals surface area (Å²) in [7, 11) is 4.64. The van der Waals surface area contributed by atoms with Crippen molar-refractivity contribution in [1.82, 2.24) is 15.5 Å². The van der Waals surface area contributed by atoms with Crippen molar-refractivity contribution in [2.45, 2.75) is 25.6 Å². The van der Waals surface area contributed by atoms with Crippen molar-refractivity contribution in [1.29, 1.82) is 0 Å². The van der Waals surface area contributed by atoms with E-state index in [0.717, 1.165) is 16.0 Å². The van der Waals surface area contributed by atoms with Crippen LogP contribution in [0.3, 0.4) is 0 Å². The molecule has 0 aliphatic carbocycles.